The minimum Gasteiger partial charge on any atom is -0.427 e. The normalized spacial score (nSPS) is 20.5. The van der Waals surface area contributed by atoms with Crippen LogP contribution in [0.4, 0.5) is 0 Å². The van der Waals surface area contributed by atoms with E-state index >= 15 is 0 Å². The van der Waals surface area contributed by atoms with Crippen LogP contribution in [0.5, 0.6) is 0 Å². The fourth-order valence-electron chi connectivity index (χ4n) is 3.59. The van der Waals surface area contributed by atoms with Gasteiger partial charge in [0.1, 0.15) is 5.76 Å². The zero-order chi connectivity index (χ0) is 16.6. The molecule has 0 unspecified atom stereocenters. The van der Waals surface area contributed by atoms with Crippen LogP contribution in [0.1, 0.15) is 47.9 Å². The van der Waals surface area contributed by atoms with Gasteiger partial charge >= 0.3 is 5.63 Å². The van der Waals surface area contributed by atoms with Crippen molar-refractivity contribution in [2.75, 3.05) is 19.7 Å². The fraction of sp³-hybridized carbons (Fsp3) is 0.556. The molecule has 3 heterocycles. The minimum atomic E-state index is -0.412. The number of amides is 1. The summed E-state index contributed by atoms with van der Waals surface area (Å²) in [5, 5.41) is 0. The SMILES string of the molecule is CC1=CC2(CCN(C(=O)c3c(C)cc(=O)oc3C)CC2)OCC1. The number of carbonyl (C=O) groups is 1. The molecular formula is C18H23NO4. The fourth-order valence-corrected chi connectivity index (χ4v) is 3.59. The molecule has 1 aromatic heterocycles. The number of hydrogen-bond donors (Lipinski definition) is 0. The molecule has 0 aliphatic carbocycles. The highest BCUT2D eigenvalue weighted by Crippen LogP contribution is 2.33. The van der Waals surface area contributed by atoms with Gasteiger partial charge in [-0.05, 0) is 45.6 Å². The summed E-state index contributed by atoms with van der Waals surface area (Å²) in [6.45, 7) is 7.66. The van der Waals surface area contributed by atoms with Crippen molar-refractivity contribution >= 4 is 5.91 Å². The van der Waals surface area contributed by atoms with Gasteiger partial charge in [0.15, 0.2) is 0 Å². The molecular weight excluding hydrogens is 294 g/mol. The lowest BCUT2D eigenvalue weighted by Crippen LogP contribution is -2.48. The molecule has 1 saturated heterocycles. The van der Waals surface area contributed by atoms with E-state index in [4.69, 9.17) is 9.15 Å². The van der Waals surface area contributed by atoms with E-state index in [0.29, 0.717) is 30.0 Å². The molecule has 5 heteroatoms. The van der Waals surface area contributed by atoms with Crippen LogP contribution >= 0.6 is 0 Å². The first-order valence-corrected chi connectivity index (χ1v) is 8.13. The Hall–Kier alpha value is -1.88. The molecule has 0 bridgehead atoms. The van der Waals surface area contributed by atoms with E-state index in [1.807, 2.05) is 4.90 Å². The molecule has 1 aromatic rings. The van der Waals surface area contributed by atoms with Crippen LogP contribution in [0.15, 0.2) is 26.9 Å². The molecule has 2 aliphatic rings. The van der Waals surface area contributed by atoms with E-state index in [0.717, 1.165) is 25.9 Å². The maximum atomic E-state index is 12.8. The third-order valence-corrected chi connectivity index (χ3v) is 4.84. The maximum Gasteiger partial charge on any atom is 0.336 e. The summed E-state index contributed by atoms with van der Waals surface area (Å²) >= 11 is 0. The smallest absolute Gasteiger partial charge is 0.336 e. The van der Waals surface area contributed by atoms with Crippen LogP contribution in [0.3, 0.4) is 0 Å². The van der Waals surface area contributed by atoms with Crippen LogP contribution in [0.25, 0.3) is 0 Å². The highest BCUT2D eigenvalue weighted by atomic mass is 16.5. The molecule has 0 atom stereocenters. The topological polar surface area (TPSA) is 59.8 Å². The number of carbonyl (C=O) groups excluding carboxylic acids is 1. The molecule has 0 aromatic carbocycles. The van der Waals surface area contributed by atoms with Crippen molar-refractivity contribution in [3.05, 3.63) is 45.0 Å². The molecule has 0 saturated carbocycles. The highest BCUT2D eigenvalue weighted by molar-refractivity contribution is 5.96. The summed E-state index contributed by atoms with van der Waals surface area (Å²) in [6.07, 6.45) is 4.85. The van der Waals surface area contributed by atoms with Crippen molar-refractivity contribution in [3.8, 4) is 0 Å². The number of nitrogens with zero attached hydrogens (tertiary/aromatic N) is 1. The van der Waals surface area contributed by atoms with Gasteiger partial charge < -0.3 is 14.1 Å². The predicted octanol–water partition coefficient (Wildman–Crippen LogP) is 2.60. The Bertz CT molecular complexity index is 682. The minimum absolute atomic E-state index is 0.0601. The van der Waals surface area contributed by atoms with E-state index in [-0.39, 0.29) is 11.5 Å². The molecule has 1 amide bonds. The predicted molar refractivity (Wildman–Crippen MR) is 86.6 cm³/mol. The second-order valence-corrected chi connectivity index (χ2v) is 6.63. The van der Waals surface area contributed by atoms with Crippen LogP contribution < -0.4 is 5.63 Å². The van der Waals surface area contributed by atoms with E-state index in [9.17, 15) is 9.59 Å². The van der Waals surface area contributed by atoms with Crippen molar-refractivity contribution < 1.29 is 13.9 Å². The Kier molecular flexibility index (Phi) is 4.15. The number of hydrogen-bond acceptors (Lipinski definition) is 4. The van der Waals surface area contributed by atoms with Gasteiger partial charge in [-0.2, -0.15) is 0 Å². The molecule has 23 heavy (non-hydrogen) atoms. The molecule has 3 rings (SSSR count). The first-order chi connectivity index (χ1) is 10.9. The third kappa shape index (κ3) is 3.11. The summed E-state index contributed by atoms with van der Waals surface area (Å²) in [4.78, 5) is 26.0. The summed E-state index contributed by atoms with van der Waals surface area (Å²) in [5.74, 6) is 0.333. The second kappa shape index (κ2) is 5.96. The number of ether oxygens (including phenoxy) is 1. The zero-order valence-electron chi connectivity index (χ0n) is 14.0. The van der Waals surface area contributed by atoms with Gasteiger partial charge in [-0.1, -0.05) is 11.6 Å². The molecule has 1 spiro atoms. The van der Waals surface area contributed by atoms with Crippen molar-refractivity contribution in [3.63, 3.8) is 0 Å². The number of piperidine rings is 1. The van der Waals surface area contributed by atoms with Gasteiger partial charge in [-0.3, -0.25) is 4.79 Å². The lowest BCUT2D eigenvalue weighted by molar-refractivity contribution is -0.0522. The second-order valence-electron chi connectivity index (χ2n) is 6.63. The van der Waals surface area contributed by atoms with Gasteiger partial charge in [0.25, 0.3) is 5.91 Å². The molecule has 0 N–H and O–H groups in total. The van der Waals surface area contributed by atoms with Crippen molar-refractivity contribution in [1.29, 1.82) is 0 Å². The molecule has 124 valence electrons. The van der Waals surface area contributed by atoms with Crippen LogP contribution in [-0.2, 0) is 4.74 Å². The lowest BCUT2D eigenvalue weighted by Gasteiger charge is -2.42. The number of aryl methyl sites for hydroxylation is 2. The van der Waals surface area contributed by atoms with Gasteiger partial charge in [0, 0.05) is 19.2 Å². The first kappa shape index (κ1) is 16.0. The lowest BCUT2D eigenvalue weighted by atomic mass is 9.86. The highest BCUT2D eigenvalue weighted by Gasteiger charge is 2.37. The summed E-state index contributed by atoms with van der Waals surface area (Å²) in [6, 6.07) is 1.38. The Morgan fingerprint density at radius 1 is 1.22 bits per heavy atom. The number of rotatable bonds is 1. The van der Waals surface area contributed by atoms with Crippen molar-refractivity contribution in [2.45, 2.75) is 45.6 Å². The maximum absolute atomic E-state index is 12.8. The van der Waals surface area contributed by atoms with E-state index in [1.54, 1.807) is 13.8 Å². The number of likely N-dealkylation sites (tertiary alicyclic amines) is 1. The summed E-state index contributed by atoms with van der Waals surface area (Å²) in [5.41, 5.74) is 1.94. The van der Waals surface area contributed by atoms with Crippen molar-refractivity contribution in [1.82, 2.24) is 4.90 Å². The molecule has 2 aliphatic heterocycles. The third-order valence-electron chi connectivity index (χ3n) is 4.84. The van der Waals surface area contributed by atoms with Gasteiger partial charge in [-0.15, -0.1) is 0 Å². The molecule has 5 nitrogen and oxygen atoms in total. The van der Waals surface area contributed by atoms with Gasteiger partial charge in [-0.25, -0.2) is 4.79 Å². The monoisotopic (exact) mass is 317 g/mol. The average molecular weight is 317 g/mol. The van der Waals surface area contributed by atoms with Crippen LogP contribution in [0, 0.1) is 13.8 Å². The van der Waals surface area contributed by atoms with Gasteiger partial charge in [0.05, 0.1) is 17.8 Å². The van der Waals surface area contributed by atoms with E-state index < -0.39 is 5.63 Å². The Balaban J connectivity index is 1.77. The standard InChI is InChI=1S/C18H23NO4/c1-12-4-9-22-18(11-12)5-7-19(8-6-18)17(21)16-13(2)10-15(20)23-14(16)3/h10-11H,4-9H2,1-3H3. The van der Waals surface area contributed by atoms with E-state index in [2.05, 4.69) is 13.0 Å². The van der Waals surface area contributed by atoms with E-state index in [1.165, 1.54) is 11.6 Å². The van der Waals surface area contributed by atoms with Crippen molar-refractivity contribution in [2.24, 2.45) is 0 Å². The average Bonchev–Trinajstić information content (AvgIpc) is 2.46. The zero-order valence-corrected chi connectivity index (χ0v) is 14.0. The van der Waals surface area contributed by atoms with Crippen LogP contribution in [-0.4, -0.2) is 36.1 Å². The van der Waals surface area contributed by atoms with Crippen LogP contribution in [0.2, 0.25) is 0 Å². The first-order valence-electron chi connectivity index (χ1n) is 8.13. The summed E-state index contributed by atoms with van der Waals surface area (Å²) in [7, 11) is 0. The summed E-state index contributed by atoms with van der Waals surface area (Å²) < 4.78 is 11.1. The van der Waals surface area contributed by atoms with Gasteiger partial charge in [0.2, 0.25) is 0 Å². The Labute approximate surface area is 135 Å². The largest absolute Gasteiger partial charge is 0.427 e. The Morgan fingerprint density at radius 3 is 2.52 bits per heavy atom. The molecule has 0 radical (unpaired) electrons. The molecule has 1 fully saturated rings. The quantitative estimate of drug-likeness (QED) is 0.747. The Morgan fingerprint density at radius 2 is 1.91 bits per heavy atom.